The van der Waals surface area contributed by atoms with Crippen LogP contribution in [0.15, 0.2) is 6.33 Å². The monoisotopic (exact) mass is 113 g/mol. The molecular formula is C4H7N3O. The third kappa shape index (κ3) is 0.776. The Morgan fingerprint density at radius 1 is 1.75 bits per heavy atom. The normalized spacial score (nSPS) is 9.25. The van der Waals surface area contributed by atoms with Crippen molar-refractivity contribution in [1.82, 2.24) is 14.8 Å². The molecule has 8 heavy (non-hydrogen) atoms. The molecule has 0 aliphatic heterocycles. The molecule has 0 atom stereocenters. The molecule has 0 unspecified atom stereocenters. The standard InChI is InChI=1S/C4H7N3O/c1-7-3-5-4(6-7)8-2/h3H,1-2H3. The van der Waals surface area contributed by atoms with Gasteiger partial charge in [-0.25, -0.2) is 0 Å². The summed E-state index contributed by atoms with van der Waals surface area (Å²) in [6.45, 7) is 0. The van der Waals surface area contributed by atoms with Crippen LogP contribution in [0.1, 0.15) is 0 Å². The fourth-order valence-electron chi connectivity index (χ4n) is 0.413. The van der Waals surface area contributed by atoms with Crippen molar-refractivity contribution in [3.63, 3.8) is 0 Å². The maximum atomic E-state index is 4.69. The lowest BCUT2D eigenvalue weighted by Gasteiger charge is -1.84. The number of hydrogen-bond acceptors (Lipinski definition) is 3. The zero-order chi connectivity index (χ0) is 5.98. The Labute approximate surface area is 47.1 Å². The quantitative estimate of drug-likeness (QED) is 0.507. The molecule has 0 aliphatic rings. The summed E-state index contributed by atoms with van der Waals surface area (Å²) in [5, 5.41) is 3.81. The second kappa shape index (κ2) is 1.81. The minimum absolute atomic E-state index is 0.410. The Morgan fingerprint density at radius 3 is 2.75 bits per heavy atom. The average molecular weight is 113 g/mol. The van der Waals surface area contributed by atoms with E-state index < -0.39 is 0 Å². The van der Waals surface area contributed by atoms with Crippen molar-refractivity contribution in [2.45, 2.75) is 0 Å². The van der Waals surface area contributed by atoms with Gasteiger partial charge in [0.05, 0.1) is 7.11 Å². The summed E-state index contributed by atoms with van der Waals surface area (Å²) in [7, 11) is 3.32. The molecule has 4 nitrogen and oxygen atoms in total. The molecule has 1 heterocycles. The fraction of sp³-hybridized carbons (Fsp3) is 0.500. The largest absolute Gasteiger partial charge is 0.466 e. The first-order valence-corrected chi connectivity index (χ1v) is 2.22. The van der Waals surface area contributed by atoms with Crippen LogP contribution in [-0.4, -0.2) is 21.9 Å². The maximum absolute atomic E-state index is 4.69. The molecule has 0 N–H and O–H groups in total. The van der Waals surface area contributed by atoms with E-state index in [2.05, 4.69) is 10.1 Å². The lowest BCUT2D eigenvalue weighted by atomic mass is 11.2. The van der Waals surface area contributed by atoms with Gasteiger partial charge >= 0.3 is 6.01 Å². The summed E-state index contributed by atoms with van der Waals surface area (Å²) in [5.41, 5.74) is 0. The maximum Gasteiger partial charge on any atom is 0.335 e. The molecule has 0 fully saturated rings. The van der Waals surface area contributed by atoms with Crippen molar-refractivity contribution < 1.29 is 4.74 Å². The number of hydrogen-bond donors (Lipinski definition) is 0. The van der Waals surface area contributed by atoms with E-state index in [4.69, 9.17) is 4.74 Å². The predicted octanol–water partition coefficient (Wildman–Crippen LogP) is -0.176. The first-order chi connectivity index (χ1) is 3.83. The molecule has 1 aromatic rings. The van der Waals surface area contributed by atoms with Crippen LogP contribution in [0.5, 0.6) is 6.01 Å². The lowest BCUT2D eigenvalue weighted by molar-refractivity contribution is 0.378. The van der Waals surface area contributed by atoms with E-state index in [1.807, 2.05) is 0 Å². The van der Waals surface area contributed by atoms with E-state index in [1.165, 1.54) is 7.11 Å². The van der Waals surface area contributed by atoms with Crippen LogP contribution in [0, 0.1) is 0 Å². The molecule has 1 aromatic heterocycles. The highest BCUT2D eigenvalue weighted by molar-refractivity contribution is 4.85. The van der Waals surface area contributed by atoms with Gasteiger partial charge in [-0.05, 0) is 0 Å². The summed E-state index contributed by atoms with van der Waals surface area (Å²) >= 11 is 0. The SMILES string of the molecule is COc1ncn(C)n1. The molecule has 0 radical (unpaired) electrons. The van der Waals surface area contributed by atoms with Crippen LogP contribution >= 0.6 is 0 Å². The second-order valence-corrected chi connectivity index (χ2v) is 1.40. The fourth-order valence-corrected chi connectivity index (χ4v) is 0.413. The molecule has 4 heteroatoms. The van der Waals surface area contributed by atoms with E-state index in [9.17, 15) is 0 Å². The first-order valence-electron chi connectivity index (χ1n) is 2.22. The zero-order valence-corrected chi connectivity index (χ0v) is 4.83. The third-order valence-electron chi connectivity index (χ3n) is 0.761. The molecule has 0 aliphatic carbocycles. The van der Waals surface area contributed by atoms with Gasteiger partial charge in [-0.3, -0.25) is 4.68 Å². The van der Waals surface area contributed by atoms with Gasteiger partial charge in [-0.2, -0.15) is 4.98 Å². The van der Waals surface area contributed by atoms with Gasteiger partial charge in [0.15, 0.2) is 0 Å². The minimum atomic E-state index is 0.410. The Balaban J connectivity index is 2.84. The van der Waals surface area contributed by atoms with Crippen LogP contribution in [0.4, 0.5) is 0 Å². The van der Waals surface area contributed by atoms with E-state index in [0.29, 0.717) is 6.01 Å². The number of aromatic nitrogens is 3. The Morgan fingerprint density at radius 2 is 2.50 bits per heavy atom. The van der Waals surface area contributed by atoms with Gasteiger partial charge in [0.2, 0.25) is 0 Å². The van der Waals surface area contributed by atoms with Crippen molar-refractivity contribution >= 4 is 0 Å². The van der Waals surface area contributed by atoms with E-state index in [0.717, 1.165) is 0 Å². The van der Waals surface area contributed by atoms with Crippen molar-refractivity contribution in [2.75, 3.05) is 7.11 Å². The zero-order valence-electron chi connectivity index (χ0n) is 4.83. The summed E-state index contributed by atoms with van der Waals surface area (Å²) < 4.78 is 6.27. The van der Waals surface area contributed by atoms with Crippen molar-refractivity contribution in [2.24, 2.45) is 7.05 Å². The van der Waals surface area contributed by atoms with Gasteiger partial charge < -0.3 is 4.74 Å². The van der Waals surface area contributed by atoms with Crippen LogP contribution in [0.2, 0.25) is 0 Å². The van der Waals surface area contributed by atoms with Gasteiger partial charge in [0.25, 0.3) is 0 Å². The molecule has 0 saturated heterocycles. The van der Waals surface area contributed by atoms with Gasteiger partial charge in [0, 0.05) is 7.05 Å². The van der Waals surface area contributed by atoms with E-state index >= 15 is 0 Å². The number of methoxy groups -OCH3 is 1. The Bertz CT molecular complexity index is 172. The highest BCUT2D eigenvalue weighted by atomic mass is 16.5. The highest BCUT2D eigenvalue weighted by Gasteiger charge is 1.91. The van der Waals surface area contributed by atoms with Crippen LogP contribution in [0.25, 0.3) is 0 Å². The lowest BCUT2D eigenvalue weighted by Crippen LogP contribution is -1.88. The van der Waals surface area contributed by atoms with Crippen LogP contribution in [-0.2, 0) is 7.05 Å². The molecule has 0 aromatic carbocycles. The number of ether oxygens (including phenoxy) is 1. The molecule has 44 valence electrons. The highest BCUT2D eigenvalue weighted by Crippen LogP contribution is 1.93. The molecule has 0 saturated carbocycles. The van der Waals surface area contributed by atoms with Crippen molar-refractivity contribution in [1.29, 1.82) is 0 Å². The predicted molar refractivity (Wildman–Crippen MR) is 27.6 cm³/mol. The Hall–Kier alpha value is -1.06. The van der Waals surface area contributed by atoms with E-state index in [-0.39, 0.29) is 0 Å². The summed E-state index contributed by atoms with van der Waals surface area (Å²) in [6, 6.07) is 0.410. The summed E-state index contributed by atoms with van der Waals surface area (Å²) in [6.07, 6.45) is 1.58. The van der Waals surface area contributed by atoms with Crippen LogP contribution < -0.4 is 4.74 Å². The third-order valence-corrected chi connectivity index (χ3v) is 0.761. The van der Waals surface area contributed by atoms with E-state index in [1.54, 1.807) is 18.1 Å². The van der Waals surface area contributed by atoms with Crippen molar-refractivity contribution in [3.8, 4) is 6.01 Å². The number of nitrogens with zero attached hydrogens (tertiary/aromatic N) is 3. The van der Waals surface area contributed by atoms with Gasteiger partial charge in [-0.1, -0.05) is 0 Å². The van der Waals surface area contributed by atoms with Gasteiger partial charge in [-0.15, -0.1) is 5.10 Å². The molecule has 0 amide bonds. The smallest absolute Gasteiger partial charge is 0.335 e. The summed E-state index contributed by atoms with van der Waals surface area (Å²) in [5.74, 6) is 0. The molecule has 0 spiro atoms. The first kappa shape index (κ1) is 5.08. The summed E-state index contributed by atoms with van der Waals surface area (Å²) in [4.78, 5) is 3.76. The molecular weight excluding hydrogens is 106 g/mol. The second-order valence-electron chi connectivity index (χ2n) is 1.40. The molecule has 1 rings (SSSR count). The van der Waals surface area contributed by atoms with Crippen molar-refractivity contribution in [3.05, 3.63) is 6.33 Å². The Kier molecular flexibility index (Phi) is 1.15. The minimum Gasteiger partial charge on any atom is -0.466 e. The number of aryl methyl sites for hydroxylation is 1. The van der Waals surface area contributed by atoms with Crippen LogP contribution in [0.3, 0.4) is 0 Å². The average Bonchev–Trinajstić information content (AvgIpc) is 2.14. The number of rotatable bonds is 1. The molecule has 0 bridgehead atoms. The van der Waals surface area contributed by atoms with Gasteiger partial charge in [0.1, 0.15) is 6.33 Å². The topological polar surface area (TPSA) is 39.9 Å².